The molecule has 0 aliphatic heterocycles. The zero-order valence-electron chi connectivity index (χ0n) is 15.3. The fraction of sp³-hybridized carbons (Fsp3) is 0.227. The molecular formula is C22H23N3O2. The number of amides is 1. The van der Waals surface area contributed by atoms with Crippen LogP contribution in [0.4, 0.5) is 0 Å². The number of aromatic nitrogens is 2. The molecule has 0 radical (unpaired) electrons. The van der Waals surface area contributed by atoms with Crippen molar-refractivity contribution in [3.63, 3.8) is 0 Å². The molecule has 3 rings (SSSR count). The van der Waals surface area contributed by atoms with Crippen LogP contribution in [0.25, 0.3) is 0 Å². The second-order valence-electron chi connectivity index (χ2n) is 6.48. The van der Waals surface area contributed by atoms with Crippen LogP contribution < -0.4 is 10.9 Å². The Bertz CT molecular complexity index is 897. The van der Waals surface area contributed by atoms with Crippen LogP contribution in [0.2, 0.25) is 0 Å². The quantitative estimate of drug-likeness (QED) is 0.704. The van der Waals surface area contributed by atoms with Crippen molar-refractivity contribution in [2.24, 2.45) is 0 Å². The lowest BCUT2D eigenvalue weighted by Gasteiger charge is -2.18. The number of benzene rings is 2. The van der Waals surface area contributed by atoms with E-state index in [9.17, 15) is 9.59 Å². The van der Waals surface area contributed by atoms with E-state index in [1.54, 1.807) is 13.0 Å². The number of hydrogen-bond acceptors (Lipinski definition) is 3. The van der Waals surface area contributed by atoms with E-state index in [1.807, 2.05) is 36.4 Å². The Morgan fingerprint density at radius 1 is 0.963 bits per heavy atom. The maximum atomic E-state index is 12.2. The van der Waals surface area contributed by atoms with Crippen LogP contribution in [-0.4, -0.2) is 22.2 Å². The normalized spacial score (nSPS) is 10.7. The van der Waals surface area contributed by atoms with Gasteiger partial charge < -0.3 is 5.32 Å². The number of carbonyl (C=O) groups is 1. The van der Waals surface area contributed by atoms with Crippen LogP contribution in [0, 0.1) is 6.92 Å². The van der Waals surface area contributed by atoms with Crippen molar-refractivity contribution >= 4 is 5.91 Å². The Balaban J connectivity index is 1.63. The molecule has 5 heteroatoms. The first-order chi connectivity index (χ1) is 13.1. The molecule has 5 nitrogen and oxygen atoms in total. The largest absolute Gasteiger partial charge is 0.354 e. The third kappa shape index (κ3) is 5.14. The lowest BCUT2D eigenvalue weighted by molar-refractivity contribution is -0.121. The van der Waals surface area contributed by atoms with E-state index in [0.717, 1.165) is 6.42 Å². The summed E-state index contributed by atoms with van der Waals surface area (Å²) >= 11 is 0. The molecule has 1 aromatic heterocycles. The molecule has 0 bridgehead atoms. The highest BCUT2D eigenvalue weighted by molar-refractivity contribution is 5.75. The SMILES string of the molecule is Cc1ccc(=O)n(CC(=O)NCCC(c2ccccc2)c2ccccc2)n1. The Morgan fingerprint density at radius 3 is 2.15 bits per heavy atom. The summed E-state index contributed by atoms with van der Waals surface area (Å²) in [6.07, 6.45) is 0.774. The minimum Gasteiger partial charge on any atom is -0.354 e. The molecule has 138 valence electrons. The standard InChI is InChI=1S/C22H23N3O2/c1-17-12-13-22(27)25(24-17)16-21(26)23-15-14-20(18-8-4-2-5-9-18)19-10-6-3-7-11-19/h2-13,20H,14-16H2,1H3,(H,23,26). The molecule has 0 saturated carbocycles. The minimum atomic E-state index is -0.276. The average Bonchev–Trinajstić information content (AvgIpc) is 2.69. The minimum absolute atomic E-state index is 0.0676. The molecule has 27 heavy (non-hydrogen) atoms. The van der Waals surface area contributed by atoms with Gasteiger partial charge in [0.05, 0.1) is 5.69 Å². The molecule has 0 unspecified atom stereocenters. The van der Waals surface area contributed by atoms with E-state index in [4.69, 9.17) is 0 Å². The summed E-state index contributed by atoms with van der Waals surface area (Å²) in [6, 6.07) is 23.6. The van der Waals surface area contributed by atoms with Crippen LogP contribution in [0.3, 0.4) is 0 Å². The molecular weight excluding hydrogens is 338 g/mol. The summed E-state index contributed by atoms with van der Waals surface area (Å²) in [5.41, 5.74) is 2.86. The van der Waals surface area contributed by atoms with E-state index in [-0.39, 0.29) is 23.9 Å². The Morgan fingerprint density at radius 2 is 1.56 bits per heavy atom. The summed E-state index contributed by atoms with van der Waals surface area (Å²) in [6.45, 7) is 2.24. The number of nitrogens with zero attached hydrogens (tertiary/aromatic N) is 2. The van der Waals surface area contributed by atoms with Crippen LogP contribution >= 0.6 is 0 Å². The number of aryl methyl sites for hydroxylation is 1. The van der Waals surface area contributed by atoms with Gasteiger partial charge in [0.2, 0.25) is 5.91 Å². The maximum absolute atomic E-state index is 12.2. The van der Waals surface area contributed by atoms with Gasteiger partial charge in [-0.05, 0) is 30.5 Å². The van der Waals surface area contributed by atoms with Crippen molar-refractivity contribution in [2.45, 2.75) is 25.8 Å². The second-order valence-corrected chi connectivity index (χ2v) is 6.48. The van der Waals surface area contributed by atoms with Gasteiger partial charge in [-0.2, -0.15) is 5.10 Å². The van der Waals surface area contributed by atoms with E-state index < -0.39 is 0 Å². The maximum Gasteiger partial charge on any atom is 0.267 e. The van der Waals surface area contributed by atoms with Gasteiger partial charge in [-0.3, -0.25) is 9.59 Å². The second kappa shape index (κ2) is 8.94. The molecule has 1 heterocycles. The van der Waals surface area contributed by atoms with Gasteiger partial charge in [0.1, 0.15) is 6.54 Å². The summed E-state index contributed by atoms with van der Waals surface area (Å²) in [4.78, 5) is 24.0. The molecule has 0 aliphatic rings. The van der Waals surface area contributed by atoms with E-state index in [0.29, 0.717) is 12.2 Å². The smallest absolute Gasteiger partial charge is 0.267 e. The summed E-state index contributed by atoms with van der Waals surface area (Å²) in [5, 5.41) is 7.00. The third-order valence-corrected chi connectivity index (χ3v) is 4.45. The molecule has 1 amide bonds. The molecule has 1 N–H and O–H groups in total. The first-order valence-corrected chi connectivity index (χ1v) is 9.05. The van der Waals surface area contributed by atoms with Crippen LogP contribution in [0.15, 0.2) is 77.6 Å². The molecule has 2 aromatic carbocycles. The summed E-state index contributed by atoms with van der Waals surface area (Å²) in [5.74, 6) is -0.0115. The molecule has 3 aromatic rings. The Kier molecular flexibility index (Phi) is 6.15. The van der Waals surface area contributed by atoms with E-state index >= 15 is 0 Å². The van der Waals surface area contributed by atoms with Gasteiger partial charge in [0.15, 0.2) is 0 Å². The Labute approximate surface area is 158 Å². The first-order valence-electron chi connectivity index (χ1n) is 9.05. The van der Waals surface area contributed by atoms with Gasteiger partial charge in [0, 0.05) is 18.5 Å². The van der Waals surface area contributed by atoms with Crippen LogP contribution in [-0.2, 0) is 11.3 Å². The molecule has 0 fully saturated rings. The fourth-order valence-corrected chi connectivity index (χ4v) is 3.11. The predicted molar refractivity (Wildman–Crippen MR) is 106 cm³/mol. The topological polar surface area (TPSA) is 64.0 Å². The average molecular weight is 361 g/mol. The highest BCUT2D eigenvalue weighted by Gasteiger charge is 2.14. The zero-order chi connectivity index (χ0) is 19.1. The highest BCUT2D eigenvalue weighted by atomic mass is 16.2. The Hall–Kier alpha value is -3.21. The lowest BCUT2D eigenvalue weighted by atomic mass is 9.88. The van der Waals surface area contributed by atoms with Crippen molar-refractivity contribution in [1.29, 1.82) is 0 Å². The van der Waals surface area contributed by atoms with Crippen molar-refractivity contribution < 1.29 is 4.79 Å². The van der Waals surface area contributed by atoms with Crippen molar-refractivity contribution in [2.75, 3.05) is 6.54 Å². The highest BCUT2D eigenvalue weighted by Crippen LogP contribution is 2.27. The van der Waals surface area contributed by atoms with E-state index in [1.165, 1.54) is 21.9 Å². The van der Waals surface area contributed by atoms with Crippen molar-refractivity contribution in [1.82, 2.24) is 15.1 Å². The molecule has 0 saturated heterocycles. The van der Waals surface area contributed by atoms with Gasteiger partial charge in [0.25, 0.3) is 5.56 Å². The van der Waals surface area contributed by atoms with Gasteiger partial charge in [-0.15, -0.1) is 0 Å². The molecule has 0 aliphatic carbocycles. The number of nitrogens with one attached hydrogen (secondary N) is 1. The molecule has 0 spiro atoms. The third-order valence-electron chi connectivity index (χ3n) is 4.45. The van der Waals surface area contributed by atoms with Gasteiger partial charge in [-0.25, -0.2) is 4.68 Å². The predicted octanol–water partition coefficient (Wildman–Crippen LogP) is 2.89. The number of carbonyl (C=O) groups excluding carboxylic acids is 1. The lowest BCUT2D eigenvalue weighted by Crippen LogP contribution is -2.34. The zero-order valence-corrected chi connectivity index (χ0v) is 15.3. The van der Waals surface area contributed by atoms with E-state index in [2.05, 4.69) is 34.7 Å². The summed E-state index contributed by atoms with van der Waals surface area (Å²) < 4.78 is 1.19. The monoisotopic (exact) mass is 361 g/mol. The van der Waals surface area contributed by atoms with Crippen LogP contribution in [0.1, 0.15) is 29.2 Å². The van der Waals surface area contributed by atoms with Crippen molar-refractivity contribution in [3.8, 4) is 0 Å². The number of rotatable bonds is 7. The summed E-state index contributed by atoms with van der Waals surface area (Å²) in [7, 11) is 0. The number of hydrogen-bond donors (Lipinski definition) is 1. The molecule has 0 atom stereocenters. The fourth-order valence-electron chi connectivity index (χ4n) is 3.11. The van der Waals surface area contributed by atoms with Crippen molar-refractivity contribution in [3.05, 3.63) is 100.0 Å². The van der Waals surface area contributed by atoms with Gasteiger partial charge >= 0.3 is 0 Å². The van der Waals surface area contributed by atoms with Crippen LogP contribution in [0.5, 0.6) is 0 Å². The first kappa shape index (κ1) is 18.6. The van der Waals surface area contributed by atoms with Gasteiger partial charge in [-0.1, -0.05) is 60.7 Å².